The molecule has 2 aromatic rings. The van der Waals surface area contributed by atoms with E-state index in [9.17, 15) is 27.9 Å². The molecule has 0 aliphatic heterocycles. The molecule has 0 aliphatic rings. The van der Waals surface area contributed by atoms with Crippen molar-refractivity contribution in [1.29, 1.82) is 0 Å². The predicted octanol–water partition coefficient (Wildman–Crippen LogP) is 4.43. The van der Waals surface area contributed by atoms with Crippen LogP contribution < -0.4 is 5.32 Å². The summed E-state index contributed by atoms with van der Waals surface area (Å²) in [7, 11) is 0. The summed E-state index contributed by atoms with van der Waals surface area (Å²) in [5.74, 6) is -1.82. The van der Waals surface area contributed by atoms with Gasteiger partial charge < -0.3 is 10.4 Å². The molecule has 0 aromatic heterocycles. The number of benzene rings is 2. The first-order chi connectivity index (χ1) is 12.9. The van der Waals surface area contributed by atoms with Crippen LogP contribution in [0, 0.1) is 0 Å². The number of rotatable bonds is 5. The Hall–Kier alpha value is -2.83. The second kappa shape index (κ2) is 8.04. The van der Waals surface area contributed by atoms with Crippen LogP contribution in [-0.2, 0) is 22.8 Å². The predicted molar refractivity (Wildman–Crippen MR) is 99.2 cm³/mol. The van der Waals surface area contributed by atoms with Gasteiger partial charge in [-0.15, -0.1) is 0 Å². The third kappa shape index (κ3) is 5.58. The van der Waals surface area contributed by atoms with Crippen molar-refractivity contribution < 1.29 is 27.9 Å². The second-order valence-corrected chi connectivity index (χ2v) is 7.59. The summed E-state index contributed by atoms with van der Waals surface area (Å²) in [6.45, 7) is 6.10. The van der Waals surface area contributed by atoms with Crippen molar-refractivity contribution in [3.8, 4) is 0 Å². The Bertz CT molecular complexity index is 835. The van der Waals surface area contributed by atoms with E-state index in [0.29, 0.717) is 11.1 Å². The third-order valence-corrected chi connectivity index (χ3v) is 4.34. The SMILES string of the molecule is CC(C)(C)c1ccc(C(=O)N[C@H](Cc2ccc(C(F)(F)F)cc2)C(=O)O)cc1. The van der Waals surface area contributed by atoms with Gasteiger partial charge in [-0.3, -0.25) is 4.79 Å². The van der Waals surface area contributed by atoms with Crippen LogP contribution in [0.4, 0.5) is 13.2 Å². The summed E-state index contributed by atoms with van der Waals surface area (Å²) >= 11 is 0. The molecule has 28 heavy (non-hydrogen) atoms. The molecule has 1 amide bonds. The van der Waals surface area contributed by atoms with Crippen LogP contribution >= 0.6 is 0 Å². The van der Waals surface area contributed by atoms with Gasteiger partial charge in [0.1, 0.15) is 6.04 Å². The first-order valence-corrected chi connectivity index (χ1v) is 8.68. The highest BCUT2D eigenvalue weighted by atomic mass is 19.4. The Balaban J connectivity index is 2.10. The lowest BCUT2D eigenvalue weighted by Gasteiger charge is -2.19. The molecule has 0 bridgehead atoms. The average molecular weight is 393 g/mol. The Kier molecular flexibility index (Phi) is 6.17. The monoisotopic (exact) mass is 393 g/mol. The maximum absolute atomic E-state index is 12.6. The number of nitrogens with one attached hydrogen (secondary N) is 1. The number of alkyl halides is 3. The molecule has 7 heteroatoms. The maximum Gasteiger partial charge on any atom is 0.416 e. The topological polar surface area (TPSA) is 66.4 Å². The molecule has 0 unspecified atom stereocenters. The molecule has 150 valence electrons. The van der Waals surface area contributed by atoms with Crippen molar-refractivity contribution in [2.45, 2.75) is 44.8 Å². The van der Waals surface area contributed by atoms with Crippen molar-refractivity contribution in [2.24, 2.45) is 0 Å². The largest absolute Gasteiger partial charge is 0.480 e. The third-order valence-electron chi connectivity index (χ3n) is 4.34. The Morgan fingerprint density at radius 1 is 0.929 bits per heavy atom. The molecule has 0 fully saturated rings. The van der Waals surface area contributed by atoms with Gasteiger partial charge in [0.05, 0.1) is 5.56 Å². The van der Waals surface area contributed by atoms with Gasteiger partial charge in [0.2, 0.25) is 0 Å². The van der Waals surface area contributed by atoms with E-state index in [1.54, 1.807) is 24.3 Å². The lowest BCUT2D eigenvalue weighted by molar-refractivity contribution is -0.139. The molecule has 2 rings (SSSR count). The van der Waals surface area contributed by atoms with Crippen molar-refractivity contribution >= 4 is 11.9 Å². The normalized spacial score (nSPS) is 13.1. The minimum absolute atomic E-state index is 0.0822. The van der Waals surface area contributed by atoms with Crippen molar-refractivity contribution in [3.63, 3.8) is 0 Å². The summed E-state index contributed by atoms with van der Waals surface area (Å²) in [5, 5.41) is 11.8. The molecule has 0 radical (unpaired) electrons. The maximum atomic E-state index is 12.6. The van der Waals surface area contributed by atoms with Crippen LogP contribution in [0.5, 0.6) is 0 Å². The Morgan fingerprint density at radius 2 is 1.43 bits per heavy atom. The molecule has 4 nitrogen and oxygen atoms in total. The fraction of sp³-hybridized carbons (Fsp3) is 0.333. The molecular weight excluding hydrogens is 371 g/mol. The van der Waals surface area contributed by atoms with E-state index in [2.05, 4.69) is 5.32 Å². The van der Waals surface area contributed by atoms with Gasteiger partial charge in [-0.25, -0.2) is 4.79 Å². The van der Waals surface area contributed by atoms with Gasteiger partial charge in [-0.1, -0.05) is 45.0 Å². The first-order valence-electron chi connectivity index (χ1n) is 8.68. The highest BCUT2D eigenvalue weighted by molar-refractivity contribution is 5.96. The minimum atomic E-state index is -4.46. The van der Waals surface area contributed by atoms with Gasteiger partial charge in [0.25, 0.3) is 5.91 Å². The van der Waals surface area contributed by atoms with E-state index in [-0.39, 0.29) is 11.8 Å². The van der Waals surface area contributed by atoms with Crippen molar-refractivity contribution in [3.05, 3.63) is 70.8 Å². The summed E-state index contributed by atoms with van der Waals surface area (Å²) < 4.78 is 37.9. The smallest absolute Gasteiger partial charge is 0.416 e. The van der Waals surface area contributed by atoms with Gasteiger partial charge >= 0.3 is 12.1 Å². The molecule has 0 saturated carbocycles. The number of halogens is 3. The molecule has 2 N–H and O–H groups in total. The zero-order valence-electron chi connectivity index (χ0n) is 15.8. The van der Waals surface area contributed by atoms with Crippen molar-refractivity contribution in [1.82, 2.24) is 5.32 Å². The molecule has 0 spiro atoms. The van der Waals surface area contributed by atoms with E-state index < -0.39 is 29.7 Å². The summed E-state index contributed by atoms with van der Waals surface area (Å²) in [5.41, 5.74) is 0.825. The summed E-state index contributed by atoms with van der Waals surface area (Å²) in [6.07, 6.45) is -4.59. The highest BCUT2D eigenvalue weighted by Crippen LogP contribution is 2.29. The number of carbonyl (C=O) groups is 2. The Labute approximate surface area is 161 Å². The van der Waals surface area contributed by atoms with Gasteiger partial charge in [-0.05, 0) is 40.8 Å². The average Bonchev–Trinajstić information content (AvgIpc) is 2.60. The number of aliphatic carboxylic acids is 1. The fourth-order valence-corrected chi connectivity index (χ4v) is 2.63. The fourth-order valence-electron chi connectivity index (χ4n) is 2.63. The summed E-state index contributed by atoms with van der Waals surface area (Å²) in [6, 6.07) is 9.79. The Morgan fingerprint density at radius 3 is 1.86 bits per heavy atom. The van der Waals surface area contributed by atoms with Crippen LogP contribution in [0.1, 0.15) is 47.8 Å². The van der Waals surface area contributed by atoms with Crippen LogP contribution in [0.25, 0.3) is 0 Å². The lowest BCUT2D eigenvalue weighted by Crippen LogP contribution is -2.42. The second-order valence-electron chi connectivity index (χ2n) is 7.59. The minimum Gasteiger partial charge on any atom is -0.480 e. The van der Waals surface area contributed by atoms with E-state index in [1.165, 1.54) is 12.1 Å². The lowest BCUT2D eigenvalue weighted by atomic mass is 9.86. The molecule has 2 aromatic carbocycles. The number of hydrogen-bond acceptors (Lipinski definition) is 2. The van der Waals surface area contributed by atoms with Crippen LogP contribution in [-0.4, -0.2) is 23.0 Å². The van der Waals surface area contributed by atoms with E-state index in [1.807, 2.05) is 20.8 Å². The van der Waals surface area contributed by atoms with Gasteiger partial charge in [0, 0.05) is 12.0 Å². The van der Waals surface area contributed by atoms with Crippen molar-refractivity contribution in [2.75, 3.05) is 0 Å². The molecular formula is C21H22F3NO3. The standard InChI is InChI=1S/C21H22F3NO3/c1-20(2,3)15-10-6-14(7-11-15)18(26)25-17(19(27)28)12-13-4-8-16(9-5-13)21(22,23)24/h4-11,17H,12H2,1-3H3,(H,25,26)(H,27,28)/t17-/m1/s1. The molecule has 1 atom stereocenters. The quantitative estimate of drug-likeness (QED) is 0.790. The van der Waals surface area contributed by atoms with E-state index in [4.69, 9.17) is 0 Å². The zero-order chi connectivity index (χ0) is 21.1. The van der Waals surface area contributed by atoms with E-state index in [0.717, 1.165) is 17.7 Å². The van der Waals surface area contributed by atoms with Gasteiger partial charge in [-0.2, -0.15) is 13.2 Å². The van der Waals surface area contributed by atoms with Gasteiger partial charge in [0.15, 0.2) is 0 Å². The highest BCUT2D eigenvalue weighted by Gasteiger charge is 2.30. The number of carboxylic acid groups (broad SMARTS) is 1. The molecule has 0 heterocycles. The number of carbonyl (C=O) groups excluding carboxylic acids is 1. The molecule has 0 saturated heterocycles. The van der Waals surface area contributed by atoms with E-state index >= 15 is 0 Å². The number of hydrogen-bond donors (Lipinski definition) is 2. The van der Waals surface area contributed by atoms with Crippen LogP contribution in [0.2, 0.25) is 0 Å². The number of carboxylic acids is 1. The number of amides is 1. The first kappa shape index (κ1) is 21.5. The van der Waals surface area contributed by atoms with Crippen LogP contribution in [0.3, 0.4) is 0 Å². The summed E-state index contributed by atoms with van der Waals surface area (Å²) in [4.78, 5) is 23.9. The molecule has 0 aliphatic carbocycles. The zero-order valence-corrected chi connectivity index (χ0v) is 15.8. The van der Waals surface area contributed by atoms with Crippen LogP contribution in [0.15, 0.2) is 48.5 Å².